The third-order valence-electron chi connectivity index (χ3n) is 3.72. The monoisotopic (exact) mass is 373 g/mol. The molecule has 8 heteroatoms. The number of benzene rings is 2. The lowest BCUT2D eigenvalue weighted by atomic mass is 10.3. The van der Waals surface area contributed by atoms with E-state index in [1.54, 1.807) is 6.07 Å². The maximum Gasteiger partial charge on any atom is 0.246 e. The summed E-state index contributed by atoms with van der Waals surface area (Å²) in [5.41, 5.74) is 0. The number of hydrogen-bond donors (Lipinski definition) is 0. The molecule has 1 saturated heterocycles. The van der Waals surface area contributed by atoms with Crippen LogP contribution in [0.2, 0.25) is 5.02 Å². The normalized spacial score (nSPS) is 18.7. The molecule has 4 nitrogen and oxygen atoms in total. The molecule has 2 aromatic carbocycles. The molecule has 0 aromatic heterocycles. The first-order valence-electron chi connectivity index (χ1n) is 7.24. The van der Waals surface area contributed by atoms with Crippen LogP contribution in [-0.4, -0.2) is 31.9 Å². The van der Waals surface area contributed by atoms with Gasteiger partial charge in [0.1, 0.15) is 28.4 Å². The summed E-state index contributed by atoms with van der Waals surface area (Å²) in [6, 6.07) is 9.07. The molecule has 2 aromatic rings. The highest BCUT2D eigenvalue weighted by Crippen LogP contribution is 2.27. The van der Waals surface area contributed by atoms with Crippen molar-refractivity contribution < 1.29 is 21.9 Å². The Labute approximate surface area is 143 Å². The van der Waals surface area contributed by atoms with Gasteiger partial charge in [0.25, 0.3) is 0 Å². The smallest absolute Gasteiger partial charge is 0.246 e. The minimum absolute atomic E-state index is 0.0704. The zero-order valence-corrected chi connectivity index (χ0v) is 14.0. The first-order chi connectivity index (χ1) is 11.4. The third-order valence-corrected chi connectivity index (χ3v) is 5.85. The van der Waals surface area contributed by atoms with Crippen LogP contribution in [0.15, 0.2) is 47.4 Å². The molecule has 0 bridgehead atoms. The van der Waals surface area contributed by atoms with Gasteiger partial charge in [0, 0.05) is 17.6 Å². The molecular formula is C16H14ClF2NO3S. The molecule has 0 amide bonds. The highest BCUT2D eigenvalue weighted by Gasteiger charge is 2.35. The fourth-order valence-corrected chi connectivity index (χ4v) is 4.26. The van der Waals surface area contributed by atoms with E-state index in [9.17, 15) is 17.2 Å². The molecule has 0 saturated carbocycles. The van der Waals surface area contributed by atoms with Crippen molar-refractivity contribution in [3.63, 3.8) is 0 Å². The maximum absolute atomic E-state index is 13.9. The Morgan fingerprint density at radius 2 is 1.96 bits per heavy atom. The predicted octanol–water partition coefficient (Wildman–Crippen LogP) is 3.46. The number of halogens is 3. The summed E-state index contributed by atoms with van der Waals surface area (Å²) in [4.78, 5) is -0.418. The zero-order chi connectivity index (χ0) is 17.3. The van der Waals surface area contributed by atoms with E-state index in [2.05, 4.69) is 0 Å². The molecule has 3 rings (SSSR count). The van der Waals surface area contributed by atoms with Crippen LogP contribution in [0.25, 0.3) is 0 Å². The van der Waals surface area contributed by atoms with Crippen molar-refractivity contribution in [1.82, 2.24) is 4.31 Å². The zero-order valence-electron chi connectivity index (χ0n) is 12.5. The fraction of sp³-hybridized carbons (Fsp3) is 0.250. The Morgan fingerprint density at radius 3 is 2.67 bits per heavy atom. The van der Waals surface area contributed by atoms with Crippen molar-refractivity contribution in [1.29, 1.82) is 0 Å². The van der Waals surface area contributed by atoms with Crippen molar-refractivity contribution >= 4 is 21.6 Å². The maximum atomic E-state index is 13.9. The van der Waals surface area contributed by atoms with Crippen LogP contribution in [0, 0.1) is 11.6 Å². The van der Waals surface area contributed by atoms with Gasteiger partial charge >= 0.3 is 0 Å². The highest BCUT2D eigenvalue weighted by molar-refractivity contribution is 7.89. The van der Waals surface area contributed by atoms with Gasteiger partial charge in [-0.05, 0) is 36.8 Å². The first kappa shape index (κ1) is 17.1. The minimum Gasteiger partial charge on any atom is -0.489 e. The Balaban J connectivity index is 1.74. The number of rotatable bonds is 4. The van der Waals surface area contributed by atoms with E-state index in [0.29, 0.717) is 12.2 Å². The van der Waals surface area contributed by atoms with Crippen LogP contribution in [0.3, 0.4) is 0 Å². The van der Waals surface area contributed by atoms with Crippen LogP contribution >= 0.6 is 11.6 Å². The van der Waals surface area contributed by atoms with E-state index < -0.39 is 32.7 Å². The molecule has 0 N–H and O–H groups in total. The third kappa shape index (κ3) is 3.53. The van der Waals surface area contributed by atoms with Gasteiger partial charge in [-0.25, -0.2) is 17.2 Å². The molecule has 1 aliphatic rings. The molecule has 0 aliphatic carbocycles. The standard InChI is InChI=1S/C16H14ClF2NO3S/c17-11-4-5-16(15(19)8-11)24(21,22)20-7-6-14(10-20)23-13-3-1-2-12(18)9-13/h1-5,8-9,14H,6-7,10H2. The van der Waals surface area contributed by atoms with Gasteiger partial charge in [-0.2, -0.15) is 4.31 Å². The van der Waals surface area contributed by atoms with Gasteiger partial charge < -0.3 is 4.74 Å². The molecule has 1 heterocycles. The number of ether oxygens (including phenoxy) is 1. The van der Waals surface area contributed by atoms with Crippen LogP contribution in [0.1, 0.15) is 6.42 Å². The predicted molar refractivity (Wildman–Crippen MR) is 85.6 cm³/mol. The fourth-order valence-electron chi connectivity index (χ4n) is 2.57. The first-order valence-corrected chi connectivity index (χ1v) is 9.05. The van der Waals surface area contributed by atoms with E-state index in [-0.39, 0.29) is 18.1 Å². The molecular weight excluding hydrogens is 360 g/mol. The summed E-state index contributed by atoms with van der Waals surface area (Å²) in [5.74, 6) is -0.993. The molecule has 1 fully saturated rings. The van der Waals surface area contributed by atoms with Crippen molar-refractivity contribution in [3.05, 3.63) is 59.1 Å². The summed E-state index contributed by atoms with van der Waals surface area (Å²) in [7, 11) is -3.97. The van der Waals surface area contributed by atoms with E-state index in [0.717, 1.165) is 16.4 Å². The van der Waals surface area contributed by atoms with Gasteiger partial charge in [-0.15, -0.1) is 0 Å². The molecule has 1 atom stereocenters. The molecule has 0 spiro atoms. The van der Waals surface area contributed by atoms with Crippen LogP contribution in [-0.2, 0) is 10.0 Å². The lowest BCUT2D eigenvalue weighted by Gasteiger charge is -2.17. The number of nitrogens with zero attached hydrogens (tertiary/aromatic N) is 1. The molecule has 0 radical (unpaired) electrons. The van der Waals surface area contributed by atoms with Gasteiger partial charge in [0.05, 0.1) is 6.54 Å². The molecule has 1 unspecified atom stereocenters. The Bertz CT molecular complexity index is 860. The average molecular weight is 374 g/mol. The van der Waals surface area contributed by atoms with Gasteiger partial charge in [0.2, 0.25) is 10.0 Å². The minimum atomic E-state index is -3.97. The second kappa shape index (κ2) is 6.66. The Hall–Kier alpha value is -1.70. The van der Waals surface area contributed by atoms with E-state index in [1.165, 1.54) is 24.3 Å². The van der Waals surface area contributed by atoms with Gasteiger partial charge in [0.15, 0.2) is 0 Å². The molecule has 24 heavy (non-hydrogen) atoms. The van der Waals surface area contributed by atoms with E-state index in [1.807, 2.05) is 0 Å². The topological polar surface area (TPSA) is 46.6 Å². The van der Waals surface area contributed by atoms with Crippen LogP contribution in [0.4, 0.5) is 8.78 Å². The Morgan fingerprint density at radius 1 is 1.17 bits per heavy atom. The highest BCUT2D eigenvalue weighted by atomic mass is 35.5. The second-order valence-corrected chi connectivity index (χ2v) is 7.77. The lowest BCUT2D eigenvalue weighted by Crippen LogP contribution is -2.31. The van der Waals surface area contributed by atoms with E-state index >= 15 is 0 Å². The van der Waals surface area contributed by atoms with Crippen molar-refractivity contribution in [2.24, 2.45) is 0 Å². The van der Waals surface area contributed by atoms with Gasteiger partial charge in [-0.3, -0.25) is 0 Å². The summed E-state index contributed by atoms with van der Waals surface area (Å²) in [6.45, 7) is 0.269. The van der Waals surface area contributed by atoms with E-state index in [4.69, 9.17) is 16.3 Å². The number of sulfonamides is 1. The van der Waals surface area contributed by atoms with Crippen LogP contribution < -0.4 is 4.74 Å². The summed E-state index contributed by atoms with van der Waals surface area (Å²) < 4.78 is 58.9. The van der Waals surface area contributed by atoms with Crippen molar-refractivity contribution in [2.45, 2.75) is 17.4 Å². The average Bonchev–Trinajstić information content (AvgIpc) is 2.96. The SMILES string of the molecule is O=S(=O)(c1ccc(Cl)cc1F)N1CCC(Oc2cccc(F)c2)C1. The Kier molecular flexibility index (Phi) is 4.76. The summed E-state index contributed by atoms with van der Waals surface area (Å²) in [6.07, 6.45) is 0.0160. The van der Waals surface area contributed by atoms with Gasteiger partial charge in [-0.1, -0.05) is 17.7 Å². The molecule has 128 valence electrons. The quantitative estimate of drug-likeness (QED) is 0.824. The van der Waals surface area contributed by atoms with Crippen molar-refractivity contribution in [2.75, 3.05) is 13.1 Å². The van der Waals surface area contributed by atoms with Crippen LogP contribution in [0.5, 0.6) is 5.75 Å². The second-order valence-electron chi connectivity index (χ2n) is 5.42. The summed E-state index contributed by atoms with van der Waals surface area (Å²) in [5, 5.41) is 0.125. The number of hydrogen-bond acceptors (Lipinski definition) is 3. The molecule has 1 aliphatic heterocycles. The van der Waals surface area contributed by atoms with Crippen molar-refractivity contribution in [3.8, 4) is 5.75 Å². The largest absolute Gasteiger partial charge is 0.489 e. The summed E-state index contributed by atoms with van der Waals surface area (Å²) >= 11 is 5.65. The lowest BCUT2D eigenvalue weighted by molar-refractivity contribution is 0.214.